The van der Waals surface area contributed by atoms with Crippen LogP contribution in [0.4, 0.5) is 4.79 Å². The molecule has 0 saturated carbocycles. The molecule has 2 aromatic rings. The molecule has 1 fully saturated rings. The molecule has 1 atom stereocenters. The van der Waals surface area contributed by atoms with Gasteiger partial charge < -0.3 is 20.1 Å². The molecule has 2 N–H and O–H groups in total. The zero-order valence-electron chi connectivity index (χ0n) is 20.3. The van der Waals surface area contributed by atoms with E-state index in [2.05, 4.69) is 29.6 Å². The summed E-state index contributed by atoms with van der Waals surface area (Å²) in [7, 11) is 0. The number of benzene rings is 2. The average molecular weight is 479 g/mol. The molecule has 0 radical (unpaired) electrons. The van der Waals surface area contributed by atoms with E-state index in [0.717, 1.165) is 12.8 Å². The zero-order valence-corrected chi connectivity index (χ0v) is 20.3. The number of carboxylic acids is 1. The number of nitrogens with zero attached hydrogens (tertiary/aromatic N) is 1. The maximum atomic E-state index is 12.7. The summed E-state index contributed by atoms with van der Waals surface area (Å²) >= 11 is 0. The minimum atomic E-state index is -1.05. The third-order valence-electron chi connectivity index (χ3n) is 7.28. The first-order chi connectivity index (χ1) is 17.0. The lowest BCUT2D eigenvalue weighted by Gasteiger charge is -2.34. The predicted molar refractivity (Wildman–Crippen MR) is 133 cm³/mol. The number of rotatable bonds is 10. The maximum absolute atomic E-state index is 12.7. The fourth-order valence-corrected chi connectivity index (χ4v) is 5.62. The Balaban J connectivity index is 1.20. The first-order valence-electron chi connectivity index (χ1n) is 12.6. The van der Waals surface area contributed by atoms with Crippen molar-refractivity contribution in [3.05, 3.63) is 59.7 Å². The number of nitrogens with one attached hydrogen (secondary N) is 1. The Morgan fingerprint density at radius 1 is 1.06 bits per heavy atom. The summed E-state index contributed by atoms with van der Waals surface area (Å²) < 4.78 is 5.54. The van der Waals surface area contributed by atoms with Crippen LogP contribution in [0.1, 0.15) is 68.9 Å². The van der Waals surface area contributed by atoms with Gasteiger partial charge in [0.2, 0.25) is 5.91 Å². The molecule has 186 valence electrons. The van der Waals surface area contributed by atoms with Gasteiger partial charge >= 0.3 is 12.1 Å². The molecular weight excluding hydrogens is 444 g/mol. The Hall–Kier alpha value is -3.35. The van der Waals surface area contributed by atoms with Crippen LogP contribution in [0.2, 0.25) is 0 Å². The normalized spacial score (nSPS) is 18.7. The summed E-state index contributed by atoms with van der Waals surface area (Å²) in [4.78, 5) is 38.5. The molecule has 0 aromatic heterocycles. The highest BCUT2D eigenvalue weighted by molar-refractivity contribution is 5.87. The second kappa shape index (κ2) is 10.9. The number of hydrogen-bond acceptors (Lipinski definition) is 4. The van der Waals surface area contributed by atoms with Crippen molar-refractivity contribution in [3.63, 3.8) is 0 Å². The molecule has 2 aliphatic rings. The average Bonchev–Trinajstić information content (AvgIpc) is 3.43. The summed E-state index contributed by atoms with van der Waals surface area (Å²) in [6.45, 7) is 3.12. The van der Waals surface area contributed by atoms with Crippen molar-refractivity contribution in [1.82, 2.24) is 10.2 Å². The molecule has 2 amide bonds. The zero-order chi connectivity index (χ0) is 24.8. The van der Waals surface area contributed by atoms with E-state index >= 15 is 0 Å². The second-order valence-corrected chi connectivity index (χ2v) is 9.45. The number of hydrogen-bond donors (Lipinski definition) is 2. The van der Waals surface area contributed by atoms with E-state index in [1.807, 2.05) is 31.2 Å². The molecule has 4 rings (SSSR count). The molecule has 7 nitrogen and oxygen atoms in total. The Labute approximate surface area is 206 Å². The van der Waals surface area contributed by atoms with Crippen molar-refractivity contribution in [2.24, 2.45) is 0 Å². The monoisotopic (exact) mass is 478 g/mol. The number of likely N-dealkylation sites (tertiary alicyclic amines) is 1. The van der Waals surface area contributed by atoms with E-state index in [4.69, 9.17) is 4.74 Å². The van der Waals surface area contributed by atoms with Gasteiger partial charge in [-0.05, 0) is 54.4 Å². The number of carboxylic acid groups (broad SMARTS) is 1. The SMILES string of the molecule is CCCC1(C(=O)O)CCCN1C(=O)CCCCNC(=O)OCC1c2ccccc2-c2ccccc21. The highest BCUT2D eigenvalue weighted by atomic mass is 16.5. The highest BCUT2D eigenvalue weighted by Crippen LogP contribution is 2.44. The van der Waals surface area contributed by atoms with Crippen LogP contribution >= 0.6 is 0 Å². The molecule has 1 aliphatic carbocycles. The Morgan fingerprint density at radius 2 is 1.71 bits per heavy atom. The van der Waals surface area contributed by atoms with Gasteiger partial charge in [-0.2, -0.15) is 0 Å². The maximum Gasteiger partial charge on any atom is 0.407 e. The number of ether oxygens (including phenoxy) is 1. The van der Waals surface area contributed by atoms with Crippen molar-refractivity contribution in [1.29, 1.82) is 0 Å². The third kappa shape index (κ3) is 5.04. The molecule has 1 unspecified atom stereocenters. The number of amides is 2. The van der Waals surface area contributed by atoms with Gasteiger partial charge in [0.05, 0.1) is 0 Å². The molecule has 7 heteroatoms. The molecule has 1 saturated heterocycles. The number of carbonyl (C=O) groups excluding carboxylic acids is 2. The first kappa shape index (κ1) is 24.8. The van der Waals surface area contributed by atoms with Gasteiger partial charge in [-0.15, -0.1) is 0 Å². The minimum absolute atomic E-state index is 0.0175. The van der Waals surface area contributed by atoms with Gasteiger partial charge in [0.25, 0.3) is 0 Å². The van der Waals surface area contributed by atoms with Crippen molar-refractivity contribution >= 4 is 18.0 Å². The Bertz CT molecular complexity index is 1040. The summed E-state index contributed by atoms with van der Waals surface area (Å²) in [5.41, 5.74) is 3.66. The third-order valence-corrected chi connectivity index (χ3v) is 7.28. The lowest BCUT2D eigenvalue weighted by molar-refractivity contribution is -0.157. The van der Waals surface area contributed by atoms with Crippen LogP contribution in [-0.4, -0.2) is 53.2 Å². The predicted octanol–water partition coefficient (Wildman–Crippen LogP) is 4.94. The van der Waals surface area contributed by atoms with Crippen LogP contribution in [-0.2, 0) is 14.3 Å². The van der Waals surface area contributed by atoms with Crippen LogP contribution in [0.3, 0.4) is 0 Å². The van der Waals surface area contributed by atoms with Gasteiger partial charge in [0, 0.05) is 25.4 Å². The summed E-state index contributed by atoms with van der Waals surface area (Å²) in [6, 6.07) is 16.4. The number of unbranched alkanes of at least 4 members (excludes halogenated alkanes) is 1. The fourth-order valence-electron chi connectivity index (χ4n) is 5.62. The number of aliphatic carboxylic acids is 1. The molecule has 35 heavy (non-hydrogen) atoms. The number of carbonyl (C=O) groups is 3. The summed E-state index contributed by atoms with van der Waals surface area (Å²) in [5.74, 6) is -0.995. The minimum Gasteiger partial charge on any atom is -0.479 e. The molecular formula is C28H34N2O5. The molecule has 0 spiro atoms. The van der Waals surface area contributed by atoms with Gasteiger partial charge in [-0.3, -0.25) is 4.79 Å². The van der Waals surface area contributed by atoms with Crippen molar-refractivity contribution in [2.75, 3.05) is 19.7 Å². The molecule has 0 bridgehead atoms. The quantitative estimate of drug-likeness (QED) is 0.472. The lowest BCUT2D eigenvalue weighted by atomic mass is 9.90. The second-order valence-electron chi connectivity index (χ2n) is 9.45. The smallest absolute Gasteiger partial charge is 0.407 e. The topological polar surface area (TPSA) is 95.9 Å². The lowest BCUT2D eigenvalue weighted by Crippen LogP contribution is -2.53. The van der Waals surface area contributed by atoms with E-state index in [-0.39, 0.29) is 24.9 Å². The standard InChI is InChI=1S/C28H34N2O5/c1-2-15-28(26(32)33)16-9-18-30(28)25(31)14-7-8-17-29-27(34)35-19-24-22-12-5-3-10-20(22)21-11-4-6-13-23(21)24/h3-6,10-13,24H,2,7-9,14-19H2,1H3,(H,29,34)(H,32,33). The van der Waals surface area contributed by atoms with Crippen LogP contribution in [0.25, 0.3) is 11.1 Å². The van der Waals surface area contributed by atoms with Gasteiger partial charge in [-0.1, -0.05) is 61.9 Å². The van der Waals surface area contributed by atoms with Crippen LogP contribution in [0, 0.1) is 0 Å². The van der Waals surface area contributed by atoms with E-state index in [1.165, 1.54) is 22.3 Å². The molecule has 2 aromatic carbocycles. The van der Waals surface area contributed by atoms with Gasteiger partial charge in [0.15, 0.2) is 0 Å². The van der Waals surface area contributed by atoms with Crippen molar-refractivity contribution in [2.45, 2.75) is 63.3 Å². The van der Waals surface area contributed by atoms with E-state index in [0.29, 0.717) is 38.8 Å². The highest BCUT2D eigenvalue weighted by Gasteiger charge is 2.48. The Kier molecular flexibility index (Phi) is 7.73. The van der Waals surface area contributed by atoms with Crippen molar-refractivity contribution < 1.29 is 24.2 Å². The van der Waals surface area contributed by atoms with E-state index in [1.54, 1.807) is 4.90 Å². The summed E-state index contributed by atoms with van der Waals surface area (Å²) in [5, 5.41) is 12.5. The first-order valence-corrected chi connectivity index (χ1v) is 12.6. The van der Waals surface area contributed by atoms with E-state index < -0.39 is 17.6 Å². The summed E-state index contributed by atoms with van der Waals surface area (Å²) in [6.07, 6.45) is 3.47. The van der Waals surface area contributed by atoms with Crippen LogP contribution < -0.4 is 5.32 Å². The Morgan fingerprint density at radius 3 is 2.34 bits per heavy atom. The van der Waals surface area contributed by atoms with Crippen LogP contribution in [0.15, 0.2) is 48.5 Å². The van der Waals surface area contributed by atoms with E-state index in [9.17, 15) is 19.5 Å². The number of alkyl carbamates (subject to hydrolysis) is 1. The largest absolute Gasteiger partial charge is 0.479 e. The van der Waals surface area contributed by atoms with Gasteiger partial charge in [0.1, 0.15) is 12.1 Å². The number of fused-ring (bicyclic) bond motifs is 3. The molecule has 1 aliphatic heterocycles. The van der Waals surface area contributed by atoms with Gasteiger partial charge in [-0.25, -0.2) is 9.59 Å². The van der Waals surface area contributed by atoms with Crippen molar-refractivity contribution in [3.8, 4) is 11.1 Å². The fraction of sp³-hybridized carbons (Fsp3) is 0.464. The van der Waals surface area contributed by atoms with Crippen LogP contribution in [0.5, 0.6) is 0 Å². The molecule has 1 heterocycles.